The smallest absolute Gasteiger partial charge is 0.327 e. The summed E-state index contributed by atoms with van der Waals surface area (Å²) in [6.07, 6.45) is 1.51. The highest BCUT2D eigenvalue weighted by atomic mass is 16.5. The molecule has 0 saturated heterocycles. The molecule has 0 spiro atoms. The van der Waals surface area contributed by atoms with Crippen molar-refractivity contribution in [1.29, 1.82) is 0 Å². The van der Waals surface area contributed by atoms with Gasteiger partial charge in [-0.2, -0.15) is 0 Å². The van der Waals surface area contributed by atoms with E-state index in [1.807, 2.05) is 25.1 Å². The fourth-order valence-corrected chi connectivity index (χ4v) is 1.66. The Hall–Kier alpha value is -2.44. The molecule has 1 heterocycles. The molecule has 0 fully saturated rings. The van der Waals surface area contributed by atoms with Crippen molar-refractivity contribution >= 4 is 11.7 Å². The van der Waals surface area contributed by atoms with Gasteiger partial charge in [0.2, 0.25) is 0 Å². The van der Waals surface area contributed by atoms with Gasteiger partial charge in [0.25, 0.3) is 0 Å². The van der Waals surface area contributed by atoms with Crippen LogP contribution in [0.15, 0.2) is 24.5 Å². The quantitative estimate of drug-likeness (QED) is 0.825. The van der Waals surface area contributed by atoms with E-state index in [1.54, 1.807) is 11.6 Å². The molecule has 100 valence electrons. The van der Waals surface area contributed by atoms with Crippen LogP contribution in [0, 0.1) is 6.92 Å². The summed E-state index contributed by atoms with van der Waals surface area (Å²) < 4.78 is 6.24. The molecule has 1 aromatic heterocycles. The number of rotatable bonds is 4. The molecule has 0 aliphatic rings. The molecule has 2 aromatic rings. The number of carbonyl (C=O) groups excluding carboxylic acids is 1. The van der Waals surface area contributed by atoms with E-state index in [4.69, 9.17) is 0 Å². The number of methoxy groups -OCH3 is 1. The van der Waals surface area contributed by atoms with Gasteiger partial charge in [0.05, 0.1) is 12.8 Å². The Kier molecular flexibility index (Phi) is 3.74. The first-order valence-corrected chi connectivity index (χ1v) is 5.80. The summed E-state index contributed by atoms with van der Waals surface area (Å²) >= 11 is 0. The van der Waals surface area contributed by atoms with Gasteiger partial charge in [-0.15, -0.1) is 5.10 Å². The van der Waals surface area contributed by atoms with Crippen molar-refractivity contribution in [1.82, 2.24) is 20.2 Å². The van der Waals surface area contributed by atoms with Crippen LogP contribution < -0.4 is 5.32 Å². The van der Waals surface area contributed by atoms with Gasteiger partial charge in [-0.3, -0.25) is 0 Å². The van der Waals surface area contributed by atoms with Gasteiger partial charge in [0, 0.05) is 5.69 Å². The topological polar surface area (TPSA) is 81.9 Å². The molecular formula is C12H15N5O2. The van der Waals surface area contributed by atoms with Crippen molar-refractivity contribution in [2.24, 2.45) is 0 Å². The van der Waals surface area contributed by atoms with Gasteiger partial charge in [-0.05, 0) is 42.0 Å². The van der Waals surface area contributed by atoms with E-state index >= 15 is 0 Å². The zero-order valence-corrected chi connectivity index (χ0v) is 11.0. The number of nitrogens with one attached hydrogen (secondary N) is 1. The van der Waals surface area contributed by atoms with Gasteiger partial charge in [-0.1, -0.05) is 6.07 Å². The monoisotopic (exact) mass is 261 g/mol. The number of carbonyl (C=O) groups is 1. The Labute approximate surface area is 110 Å². The predicted molar refractivity (Wildman–Crippen MR) is 69.0 cm³/mol. The Morgan fingerprint density at radius 2 is 2.26 bits per heavy atom. The number of benzene rings is 1. The van der Waals surface area contributed by atoms with Gasteiger partial charge < -0.3 is 10.1 Å². The average Bonchev–Trinajstić information content (AvgIpc) is 2.94. The Morgan fingerprint density at radius 3 is 2.89 bits per heavy atom. The third-order valence-electron chi connectivity index (χ3n) is 2.76. The number of aromatic nitrogens is 4. The van der Waals surface area contributed by atoms with E-state index in [2.05, 4.69) is 25.6 Å². The maximum atomic E-state index is 11.4. The second-order valence-electron chi connectivity index (χ2n) is 4.14. The largest absolute Gasteiger partial charge is 0.467 e. The van der Waals surface area contributed by atoms with Crippen molar-refractivity contribution in [2.75, 3.05) is 12.4 Å². The van der Waals surface area contributed by atoms with Crippen LogP contribution in [-0.2, 0) is 9.53 Å². The zero-order chi connectivity index (χ0) is 13.8. The van der Waals surface area contributed by atoms with Crippen LogP contribution in [0.2, 0.25) is 0 Å². The summed E-state index contributed by atoms with van der Waals surface area (Å²) in [5.74, 6) is -0.313. The summed E-state index contributed by atoms with van der Waals surface area (Å²) in [5.41, 5.74) is 2.67. The van der Waals surface area contributed by atoms with Crippen LogP contribution in [0.5, 0.6) is 0 Å². The minimum Gasteiger partial charge on any atom is -0.467 e. The lowest BCUT2D eigenvalue weighted by atomic mass is 10.1. The first-order chi connectivity index (χ1) is 9.11. The Bertz CT molecular complexity index is 568. The second-order valence-corrected chi connectivity index (χ2v) is 4.14. The molecule has 0 bridgehead atoms. The fraction of sp³-hybridized carbons (Fsp3) is 0.333. The van der Waals surface area contributed by atoms with E-state index in [0.717, 1.165) is 16.9 Å². The second kappa shape index (κ2) is 5.47. The zero-order valence-electron chi connectivity index (χ0n) is 11.0. The molecular weight excluding hydrogens is 246 g/mol. The van der Waals surface area contributed by atoms with E-state index in [0.29, 0.717) is 0 Å². The molecule has 19 heavy (non-hydrogen) atoms. The van der Waals surface area contributed by atoms with Gasteiger partial charge in [-0.25, -0.2) is 9.48 Å². The third kappa shape index (κ3) is 2.87. The fourth-order valence-electron chi connectivity index (χ4n) is 1.66. The Morgan fingerprint density at radius 1 is 1.47 bits per heavy atom. The molecule has 1 unspecified atom stereocenters. The van der Waals surface area contributed by atoms with Crippen LogP contribution in [0.25, 0.3) is 5.69 Å². The predicted octanol–water partition coefficient (Wildman–Crippen LogP) is 0.944. The number of aryl methyl sites for hydroxylation is 1. The van der Waals surface area contributed by atoms with Crippen molar-refractivity contribution in [3.05, 3.63) is 30.1 Å². The molecule has 1 N–H and O–H groups in total. The molecule has 7 nitrogen and oxygen atoms in total. The SMILES string of the molecule is COC(=O)C(C)Nc1cc(-n2cnnn2)ccc1C. The minimum atomic E-state index is -0.423. The van der Waals surface area contributed by atoms with E-state index in [9.17, 15) is 4.79 Å². The molecule has 0 amide bonds. The van der Waals surface area contributed by atoms with E-state index in [1.165, 1.54) is 13.4 Å². The van der Waals surface area contributed by atoms with Crippen LogP contribution in [0.1, 0.15) is 12.5 Å². The molecule has 1 atom stereocenters. The molecule has 0 radical (unpaired) electrons. The summed E-state index contributed by atoms with van der Waals surface area (Å²) in [6.45, 7) is 3.70. The molecule has 1 aromatic carbocycles. The normalized spacial score (nSPS) is 11.9. The van der Waals surface area contributed by atoms with Crippen molar-refractivity contribution in [3.63, 3.8) is 0 Å². The van der Waals surface area contributed by atoms with Crippen LogP contribution >= 0.6 is 0 Å². The summed E-state index contributed by atoms with van der Waals surface area (Å²) in [5, 5.41) is 14.1. The maximum Gasteiger partial charge on any atom is 0.327 e. The number of anilines is 1. The molecule has 0 aliphatic heterocycles. The molecule has 7 heteroatoms. The summed E-state index contributed by atoms with van der Waals surface area (Å²) in [6, 6.07) is 5.29. The number of ether oxygens (including phenoxy) is 1. The van der Waals surface area contributed by atoms with Crippen LogP contribution in [0.3, 0.4) is 0 Å². The highest BCUT2D eigenvalue weighted by molar-refractivity contribution is 5.79. The highest BCUT2D eigenvalue weighted by Crippen LogP contribution is 2.19. The third-order valence-corrected chi connectivity index (χ3v) is 2.76. The standard InChI is InChI=1S/C12H15N5O2/c1-8-4-5-10(17-7-13-15-16-17)6-11(8)14-9(2)12(18)19-3/h4-7,9,14H,1-3H3. The van der Waals surface area contributed by atoms with Gasteiger partial charge in [0.1, 0.15) is 12.4 Å². The lowest BCUT2D eigenvalue weighted by molar-refractivity contribution is -0.141. The lowest BCUT2D eigenvalue weighted by Crippen LogP contribution is -2.27. The van der Waals surface area contributed by atoms with E-state index in [-0.39, 0.29) is 5.97 Å². The first-order valence-electron chi connectivity index (χ1n) is 5.80. The highest BCUT2D eigenvalue weighted by Gasteiger charge is 2.14. The average molecular weight is 261 g/mol. The van der Waals surface area contributed by atoms with Crippen molar-refractivity contribution in [3.8, 4) is 5.69 Å². The van der Waals surface area contributed by atoms with Gasteiger partial charge in [0.15, 0.2) is 0 Å². The Balaban J connectivity index is 2.25. The van der Waals surface area contributed by atoms with Crippen LogP contribution in [-0.4, -0.2) is 39.3 Å². The minimum absolute atomic E-state index is 0.313. The molecule has 0 aliphatic carbocycles. The summed E-state index contributed by atoms with van der Waals surface area (Å²) in [4.78, 5) is 11.4. The number of tetrazole rings is 1. The van der Waals surface area contributed by atoms with E-state index < -0.39 is 6.04 Å². The maximum absolute atomic E-state index is 11.4. The number of hydrogen-bond acceptors (Lipinski definition) is 6. The van der Waals surface area contributed by atoms with Crippen molar-refractivity contribution in [2.45, 2.75) is 19.9 Å². The first kappa shape index (κ1) is 13.0. The van der Waals surface area contributed by atoms with Crippen LogP contribution in [0.4, 0.5) is 5.69 Å². The molecule has 2 rings (SSSR count). The van der Waals surface area contributed by atoms with Crippen molar-refractivity contribution < 1.29 is 9.53 Å². The number of nitrogens with zero attached hydrogens (tertiary/aromatic N) is 4. The number of esters is 1. The molecule has 0 saturated carbocycles. The lowest BCUT2D eigenvalue weighted by Gasteiger charge is -2.15. The van der Waals surface area contributed by atoms with Gasteiger partial charge >= 0.3 is 5.97 Å². The number of hydrogen-bond donors (Lipinski definition) is 1. The summed E-state index contributed by atoms with van der Waals surface area (Å²) in [7, 11) is 1.37.